The summed E-state index contributed by atoms with van der Waals surface area (Å²) in [5.41, 5.74) is 6.01. The summed E-state index contributed by atoms with van der Waals surface area (Å²) in [5.74, 6) is 1.38. The van der Waals surface area contributed by atoms with Gasteiger partial charge in [-0.3, -0.25) is 9.79 Å². The Balaban J connectivity index is 1.78. The summed E-state index contributed by atoms with van der Waals surface area (Å²) in [7, 11) is 1.94. The van der Waals surface area contributed by atoms with Crippen LogP contribution in [0.2, 0.25) is 0 Å². The van der Waals surface area contributed by atoms with Crippen molar-refractivity contribution in [3.63, 3.8) is 0 Å². The number of hydrogen-bond acceptors (Lipinski definition) is 5. The number of aliphatic imine (C=N–C) groups is 2. The lowest BCUT2D eigenvalue weighted by molar-refractivity contribution is -0.113. The van der Waals surface area contributed by atoms with Gasteiger partial charge in [0.05, 0.1) is 16.4 Å². The van der Waals surface area contributed by atoms with Gasteiger partial charge in [-0.15, -0.1) is 11.8 Å². The van der Waals surface area contributed by atoms with Crippen molar-refractivity contribution in [1.29, 1.82) is 0 Å². The van der Waals surface area contributed by atoms with Crippen LogP contribution in [0, 0.1) is 11.3 Å². The number of carbonyl (C=O) groups is 1. The Morgan fingerprint density at radius 2 is 2.00 bits per heavy atom. The molecule has 0 radical (unpaired) electrons. The maximum Gasteiger partial charge on any atom is 0.161 e. The molecule has 0 unspecified atom stereocenters. The van der Waals surface area contributed by atoms with Crippen molar-refractivity contribution in [2.24, 2.45) is 21.3 Å². The van der Waals surface area contributed by atoms with Crippen molar-refractivity contribution in [3.05, 3.63) is 47.7 Å². The molecule has 0 amide bonds. The van der Waals surface area contributed by atoms with Gasteiger partial charge < -0.3 is 5.32 Å². The summed E-state index contributed by atoms with van der Waals surface area (Å²) >= 11 is 1.71. The lowest BCUT2D eigenvalue weighted by atomic mass is 9.68. The van der Waals surface area contributed by atoms with Gasteiger partial charge in [-0.05, 0) is 56.4 Å². The van der Waals surface area contributed by atoms with E-state index in [0.717, 1.165) is 34.3 Å². The van der Waals surface area contributed by atoms with Crippen LogP contribution in [0.15, 0.2) is 52.1 Å². The van der Waals surface area contributed by atoms with Crippen molar-refractivity contribution < 1.29 is 4.79 Å². The Morgan fingerprint density at radius 1 is 1.28 bits per heavy atom. The number of rotatable bonds is 8. The van der Waals surface area contributed by atoms with E-state index < -0.39 is 0 Å². The molecule has 172 valence electrons. The van der Waals surface area contributed by atoms with E-state index in [2.05, 4.69) is 43.9 Å². The van der Waals surface area contributed by atoms with Crippen LogP contribution in [0.4, 0.5) is 11.4 Å². The number of thioether (sulfide) groups is 1. The molecule has 0 saturated heterocycles. The molecule has 0 bridgehead atoms. The maximum absolute atomic E-state index is 12.4. The van der Waals surface area contributed by atoms with Crippen LogP contribution >= 0.6 is 11.8 Å². The SMILES string of the molecule is C=C/C(C(C)=O)=C(/N=C(\C)SCC1=Nc2ccc(NC)cc2C1)C(C)(C)C1CCCCC1. The summed E-state index contributed by atoms with van der Waals surface area (Å²) in [6, 6.07) is 6.32. The molecule has 1 aromatic rings. The quantitative estimate of drug-likeness (QED) is 0.198. The fraction of sp³-hybridized carbons (Fsp3) is 0.519. The van der Waals surface area contributed by atoms with Crippen molar-refractivity contribution in [1.82, 2.24) is 0 Å². The number of ketones is 1. The van der Waals surface area contributed by atoms with E-state index in [1.807, 2.05) is 14.0 Å². The molecule has 3 rings (SSSR count). The second-order valence-electron chi connectivity index (χ2n) is 9.45. The first-order chi connectivity index (χ1) is 15.3. The molecule has 1 saturated carbocycles. The molecule has 0 spiro atoms. The molecule has 1 aliphatic carbocycles. The highest BCUT2D eigenvalue weighted by Crippen LogP contribution is 2.45. The first kappa shape index (κ1) is 24.5. The Labute approximate surface area is 197 Å². The fourth-order valence-corrected chi connectivity index (χ4v) is 5.56. The van der Waals surface area contributed by atoms with E-state index in [0.29, 0.717) is 11.5 Å². The summed E-state index contributed by atoms with van der Waals surface area (Å²) in [5, 5.41) is 4.16. The second-order valence-corrected chi connectivity index (χ2v) is 10.6. The third-order valence-electron chi connectivity index (χ3n) is 6.83. The number of benzene rings is 1. The largest absolute Gasteiger partial charge is 0.388 e. The van der Waals surface area contributed by atoms with Gasteiger partial charge in [-0.25, -0.2) is 4.99 Å². The summed E-state index contributed by atoms with van der Waals surface area (Å²) in [4.78, 5) is 22.3. The fourth-order valence-electron chi connectivity index (χ4n) is 4.86. The highest BCUT2D eigenvalue weighted by molar-refractivity contribution is 8.14. The average Bonchev–Trinajstić information content (AvgIpc) is 3.20. The zero-order valence-corrected chi connectivity index (χ0v) is 21.1. The molecule has 1 aliphatic heterocycles. The predicted molar refractivity (Wildman–Crippen MR) is 141 cm³/mol. The summed E-state index contributed by atoms with van der Waals surface area (Å²) in [6.45, 7) is 12.1. The van der Waals surface area contributed by atoms with Gasteiger partial charge in [0, 0.05) is 41.6 Å². The van der Waals surface area contributed by atoms with E-state index >= 15 is 0 Å². The van der Waals surface area contributed by atoms with Gasteiger partial charge in [0.25, 0.3) is 0 Å². The average molecular weight is 452 g/mol. The van der Waals surface area contributed by atoms with Gasteiger partial charge in [-0.1, -0.05) is 45.8 Å². The van der Waals surface area contributed by atoms with Crippen LogP contribution in [0.5, 0.6) is 0 Å². The minimum atomic E-state index is -0.165. The van der Waals surface area contributed by atoms with Crippen molar-refractivity contribution in [3.8, 4) is 0 Å². The van der Waals surface area contributed by atoms with E-state index in [1.54, 1.807) is 24.8 Å². The molecule has 1 aromatic carbocycles. The molecule has 0 aromatic heterocycles. The van der Waals surface area contributed by atoms with Crippen LogP contribution in [0.25, 0.3) is 0 Å². The maximum atomic E-state index is 12.4. The smallest absolute Gasteiger partial charge is 0.161 e. The van der Waals surface area contributed by atoms with Crippen molar-refractivity contribution >= 4 is 39.7 Å². The highest BCUT2D eigenvalue weighted by Gasteiger charge is 2.36. The standard InChI is InChI=1S/C27H37N3OS/c1-7-24(18(2)31)26(27(4,5)21-11-9-8-10-12-21)29-19(3)32-17-23-16-20-15-22(28-6)13-14-25(20)30-23/h7,13-15,21,28H,1,8-12,16-17H2,2-6H3/b26-24-,29-19+. The lowest BCUT2D eigenvalue weighted by Gasteiger charge is -2.38. The molecule has 1 N–H and O–H groups in total. The number of allylic oxidation sites excluding steroid dienone is 3. The zero-order valence-electron chi connectivity index (χ0n) is 20.3. The van der Waals surface area contributed by atoms with E-state index in [-0.39, 0.29) is 11.2 Å². The lowest BCUT2D eigenvalue weighted by Crippen LogP contribution is -2.29. The highest BCUT2D eigenvalue weighted by atomic mass is 32.2. The van der Waals surface area contributed by atoms with E-state index in [9.17, 15) is 4.79 Å². The predicted octanol–water partition coefficient (Wildman–Crippen LogP) is 7.14. The molecular weight excluding hydrogens is 414 g/mol. The first-order valence-corrected chi connectivity index (χ1v) is 12.7. The van der Waals surface area contributed by atoms with Crippen LogP contribution in [0.3, 0.4) is 0 Å². The van der Waals surface area contributed by atoms with Gasteiger partial charge >= 0.3 is 0 Å². The molecule has 32 heavy (non-hydrogen) atoms. The van der Waals surface area contributed by atoms with Crippen molar-refractivity contribution in [2.45, 2.75) is 66.2 Å². The molecule has 5 heteroatoms. The van der Waals surface area contributed by atoms with Crippen LogP contribution < -0.4 is 5.32 Å². The van der Waals surface area contributed by atoms with Crippen molar-refractivity contribution in [2.75, 3.05) is 18.1 Å². The van der Waals surface area contributed by atoms with Crippen LogP contribution in [-0.2, 0) is 11.2 Å². The van der Waals surface area contributed by atoms with Gasteiger partial charge in [0.1, 0.15) is 0 Å². The normalized spacial score (nSPS) is 18.0. The molecular formula is C27H37N3OS. The van der Waals surface area contributed by atoms with Gasteiger partial charge in [0.2, 0.25) is 0 Å². The number of anilines is 1. The molecule has 4 nitrogen and oxygen atoms in total. The minimum Gasteiger partial charge on any atom is -0.388 e. The zero-order chi connectivity index (χ0) is 23.3. The first-order valence-electron chi connectivity index (χ1n) is 11.7. The molecule has 1 fully saturated rings. The van der Waals surface area contributed by atoms with Gasteiger partial charge in [-0.2, -0.15) is 0 Å². The molecule has 1 heterocycles. The topological polar surface area (TPSA) is 53.8 Å². The molecule has 2 aliphatic rings. The minimum absolute atomic E-state index is 0.0383. The molecule has 0 atom stereocenters. The summed E-state index contributed by atoms with van der Waals surface area (Å²) < 4.78 is 0. The van der Waals surface area contributed by atoms with Gasteiger partial charge in [0.15, 0.2) is 5.78 Å². The summed E-state index contributed by atoms with van der Waals surface area (Å²) in [6.07, 6.45) is 8.81. The Hall–Kier alpha value is -2.14. The third kappa shape index (κ3) is 5.61. The number of Topliss-reactive ketones (excluding diaryl/α,β-unsaturated/α-hetero) is 1. The second kappa shape index (κ2) is 10.7. The Bertz CT molecular complexity index is 965. The van der Waals surface area contributed by atoms with E-state index in [1.165, 1.54) is 43.4 Å². The van der Waals surface area contributed by atoms with Crippen LogP contribution in [0.1, 0.15) is 65.4 Å². The third-order valence-corrected chi connectivity index (χ3v) is 7.82. The number of nitrogens with zero attached hydrogens (tertiary/aromatic N) is 2. The number of hydrogen-bond donors (Lipinski definition) is 1. The van der Waals surface area contributed by atoms with E-state index in [4.69, 9.17) is 9.98 Å². The number of fused-ring (bicyclic) bond motifs is 1. The Morgan fingerprint density at radius 3 is 2.62 bits per heavy atom. The number of nitrogens with one attached hydrogen (secondary N) is 1. The Kier molecular flexibility index (Phi) is 8.16. The van der Waals surface area contributed by atoms with Crippen LogP contribution in [-0.4, -0.2) is 29.3 Å². The number of carbonyl (C=O) groups excluding carboxylic acids is 1. The monoisotopic (exact) mass is 451 g/mol.